The molecule has 0 aromatic carbocycles. The summed E-state index contributed by atoms with van der Waals surface area (Å²) in [5.41, 5.74) is 1.09. The van der Waals surface area contributed by atoms with Gasteiger partial charge < -0.3 is 5.32 Å². The van der Waals surface area contributed by atoms with Crippen LogP contribution in [0.3, 0.4) is 0 Å². The molecular weight excluding hydrogens is 228 g/mol. The molecule has 0 aliphatic carbocycles. The number of pyridine rings is 1. The summed E-state index contributed by atoms with van der Waals surface area (Å²) in [6.07, 6.45) is 4.24. The van der Waals surface area contributed by atoms with Crippen LogP contribution in [0.1, 0.15) is 26.7 Å². The number of hydrogen-bond donors (Lipinski definition) is 1. The summed E-state index contributed by atoms with van der Waals surface area (Å²) < 4.78 is 0.876. The Hall–Kier alpha value is -0.570. The molecule has 3 heteroatoms. The van der Waals surface area contributed by atoms with E-state index in [-0.39, 0.29) is 0 Å². The summed E-state index contributed by atoms with van der Waals surface area (Å²) in [5.74, 6) is 0. The smallest absolute Gasteiger partial charge is 0.106 e. The number of aromatic nitrogens is 1. The van der Waals surface area contributed by atoms with Gasteiger partial charge >= 0.3 is 0 Å². The Kier molecular flexibility index (Phi) is 4.22. The van der Waals surface area contributed by atoms with Gasteiger partial charge in [-0.15, -0.1) is 0 Å². The third kappa shape index (κ3) is 3.77. The van der Waals surface area contributed by atoms with Gasteiger partial charge in [0.05, 0.1) is 11.9 Å². The Labute approximate surface area is 87.9 Å². The summed E-state index contributed by atoms with van der Waals surface area (Å²) in [7, 11) is 0. The second-order valence-electron chi connectivity index (χ2n) is 3.20. The van der Waals surface area contributed by atoms with Crippen molar-refractivity contribution in [1.82, 2.24) is 4.98 Å². The fraction of sp³-hybridized carbons (Fsp3) is 0.500. The third-order valence-electron chi connectivity index (χ3n) is 1.86. The Balaban J connectivity index is 2.49. The van der Waals surface area contributed by atoms with Crippen molar-refractivity contribution in [1.29, 1.82) is 0 Å². The summed E-state index contributed by atoms with van der Waals surface area (Å²) >= 11 is 3.30. The van der Waals surface area contributed by atoms with E-state index >= 15 is 0 Å². The quantitative estimate of drug-likeness (QED) is 0.819. The lowest BCUT2D eigenvalue weighted by molar-refractivity contribution is 0.690. The Morgan fingerprint density at radius 3 is 2.85 bits per heavy atom. The largest absolute Gasteiger partial charge is 0.381 e. The van der Waals surface area contributed by atoms with Crippen molar-refractivity contribution < 1.29 is 0 Å². The van der Waals surface area contributed by atoms with E-state index in [2.05, 4.69) is 40.1 Å². The van der Waals surface area contributed by atoms with E-state index in [0.29, 0.717) is 6.04 Å². The summed E-state index contributed by atoms with van der Waals surface area (Å²) in [4.78, 5) is 4.15. The fourth-order valence-electron chi connectivity index (χ4n) is 1.25. The number of nitrogens with one attached hydrogen (secondary N) is 1. The molecule has 0 bridgehead atoms. The first-order valence-corrected chi connectivity index (χ1v) is 5.39. The van der Waals surface area contributed by atoms with E-state index in [0.717, 1.165) is 10.3 Å². The molecule has 1 aromatic heterocycles. The molecule has 72 valence electrons. The molecule has 1 aromatic rings. The van der Waals surface area contributed by atoms with Crippen LogP contribution in [0.4, 0.5) is 5.69 Å². The van der Waals surface area contributed by atoms with Crippen LogP contribution in [0.15, 0.2) is 22.9 Å². The maximum Gasteiger partial charge on any atom is 0.106 e. The van der Waals surface area contributed by atoms with E-state index in [4.69, 9.17) is 0 Å². The molecule has 0 aliphatic rings. The standard InChI is InChI=1S/C10H15BrN2/c1-3-4-8(2)13-9-5-6-10(11)12-7-9/h5-8,13H,3-4H2,1-2H3. The van der Waals surface area contributed by atoms with Crippen LogP contribution in [-0.2, 0) is 0 Å². The molecular formula is C10H15BrN2. The van der Waals surface area contributed by atoms with E-state index in [1.165, 1.54) is 12.8 Å². The third-order valence-corrected chi connectivity index (χ3v) is 2.33. The van der Waals surface area contributed by atoms with Crippen molar-refractivity contribution in [3.05, 3.63) is 22.9 Å². The Bertz CT molecular complexity index is 246. The van der Waals surface area contributed by atoms with Crippen molar-refractivity contribution in [2.24, 2.45) is 0 Å². The zero-order chi connectivity index (χ0) is 9.68. The first-order chi connectivity index (χ1) is 6.22. The summed E-state index contributed by atoms with van der Waals surface area (Å²) in [5, 5.41) is 3.39. The zero-order valence-electron chi connectivity index (χ0n) is 8.05. The zero-order valence-corrected chi connectivity index (χ0v) is 9.63. The first kappa shape index (κ1) is 10.5. The van der Waals surface area contributed by atoms with Crippen molar-refractivity contribution in [2.75, 3.05) is 5.32 Å². The topological polar surface area (TPSA) is 24.9 Å². The number of hydrogen-bond acceptors (Lipinski definition) is 2. The lowest BCUT2D eigenvalue weighted by atomic mass is 10.2. The lowest BCUT2D eigenvalue weighted by Gasteiger charge is -2.13. The molecule has 1 atom stereocenters. The van der Waals surface area contributed by atoms with Crippen molar-refractivity contribution in [3.8, 4) is 0 Å². The predicted molar refractivity (Wildman–Crippen MR) is 59.9 cm³/mol. The average Bonchev–Trinajstić information content (AvgIpc) is 2.09. The van der Waals surface area contributed by atoms with Gasteiger partial charge in [0.15, 0.2) is 0 Å². The van der Waals surface area contributed by atoms with Crippen molar-refractivity contribution >= 4 is 21.6 Å². The number of halogens is 1. The summed E-state index contributed by atoms with van der Waals surface area (Å²) in [6.45, 7) is 4.38. The molecule has 1 unspecified atom stereocenters. The number of anilines is 1. The second-order valence-corrected chi connectivity index (χ2v) is 4.02. The molecule has 0 fully saturated rings. The predicted octanol–water partition coefficient (Wildman–Crippen LogP) is 3.44. The normalized spacial score (nSPS) is 12.5. The molecule has 0 amide bonds. The minimum Gasteiger partial charge on any atom is -0.381 e. The van der Waals surface area contributed by atoms with Crippen LogP contribution < -0.4 is 5.32 Å². The van der Waals surface area contributed by atoms with Crippen molar-refractivity contribution in [2.45, 2.75) is 32.7 Å². The molecule has 1 rings (SSSR count). The van der Waals surface area contributed by atoms with E-state index in [1.54, 1.807) is 0 Å². The highest BCUT2D eigenvalue weighted by molar-refractivity contribution is 9.10. The highest BCUT2D eigenvalue weighted by Crippen LogP contribution is 2.12. The van der Waals surface area contributed by atoms with Crippen LogP contribution in [0.25, 0.3) is 0 Å². The SMILES string of the molecule is CCCC(C)Nc1ccc(Br)nc1. The molecule has 0 radical (unpaired) electrons. The minimum absolute atomic E-state index is 0.521. The van der Waals surface area contributed by atoms with Gasteiger partial charge in [-0.3, -0.25) is 0 Å². The van der Waals surface area contributed by atoms with E-state index < -0.39 is 0 Å². The van der Waals surface area contributed by atoms with Crippen LogP contribution >= 0.6 is 15.9 Å². The van der Waals surface area contributed by atoms with Crippen LogP contribution in [0.2, 0.25) is 0 Å². The average molecular weight is 243 g/mol. The number of rotatable bonds is 4. The maximum atomic E-state index is 4.15. The highest BCUT2D eigenvalue weighted by Gasteiger charge is 1.99. The van der Waals surface area contributed by atoms with Gasteiger partial charge in [-0.05, 0) is 41.4 Å². The van der Waals surface area contributed by atoms with Gasteiger partial charge in [0.25, 0.3) is 0 Å². The van der Waals surface area contributed by atoms with Crippen LogP contribution in [-0.4, -0.2) is 11.0 Å². The van der Waals surface area contributed by atoms with E-state index in [1.807, 2.05) is 18.3 Å². The maximum absolute atomic E-state index is 4.15. The van der Waals surface area contributed by atoms with E-state index in [9.17, 15) is 0 Å². The summed E-state index contributed by atoms with van der Waals surface area (Å²) in [6, 6.07) is 4.50. The molecule has 13 heavy (non-hydrogen) atoms. The second kappa shape index (κ2) is 5.22. The molecule has 0 spiro atoms. The highest BCUT2D eigenvalue weighted by atomic mass is 79.9. The van der Waals surface area contributed by atoms with Gasteiger partial charge in [-0.25, -0.2) is 4.98 Å². The fourth-order valence-corrected chi connectivity index (χ4v) is 1.49. The first-order valence-electron chi connectivity index (χ1n) is 4.60. The van der Waals surface area contributed by atoms with Gasteiger partial charge in [0.1, 0.15) is 4.60 Å². The van der Waals surface area contributed by atoms with Gasteiger partial charge in [0, 0.05) is 6.04 Å². The van der Waals surface area contributed by atoms with Crippen LogP contribution in [0.5, 0.6) is 0 Å². The van der Waals surface area contributed by atoms with Crippen molar-refractivity contribution in [3.63, 3.8) is 0 Å². The minimum atomic E-state index is 0.521. The molecule has 2 nitrogen and oxygen atoms in total. The molecule has 0 saturated heterocycles. The molecule has 1 heterocycles. The Morgan fingerprint density at radius 2 is 2.31 bits per heavy atom. The Morgan fingerprint density at radius 1 is 1.54 bits per heavy atom. The molecule has 0 aliphatic heterocycles. The van der Waals surface area contributed by atoms with Gasteiger partial charge in [-0.2, -0.15) is 0 Å². The number of nitrogens with zero attached hydrogens (tertiary/aromatic N) is 1. The molecule has 0 saturated carbocycles. The molecule has 1 N–H and O–H groups in total. The monoisotopic (exact) mass is 242 g/mol. The van der Waals surface area contributed by atoms with Gasteiger partial charge in [-0.1, -0.05) is 13.3 Å². The van der Waals surface area contributed by atoms with Gasteiger partial charge in [0.2, 0.25) is 0 Å². The lowest BCUT2D eigenvalue weighted by Crippen LogP contribution is -2.14. The van der Waals surface area contributed by atoms with Crippen LogP contribution in [0, 0.1) is 0 Å².